The minimum absolute atomic E-state index is 0.237. The third-order valence-electron chi connectivity index (χ3n) is 7.38. The quantitative estimate of drug-likeness (QED) is 0.218. The van der Waals surface area contributed by atoms with Crippen molar-refractivity contribution in [2.75, 3.05) is 14.2 Å². The first-order chi connectivity index (χ1) is 20.9. The number of thiazole rings is 1. The van der Waals surface area contributed by atoms with Gasteiger partial charge in [-0.1, -0.05) is 83.6 Å². The molecule has 0 spiro atoms. The van der Waals surface area contributed by atoms with E-state index >= 15 is 0 Å². The van der Waals surface area contributed by atoms with Crippen molar-refractivity contribution in [3.8, 4) is 11.5 Å². The third-order valence-corrected chi connectivity index (χ3v) is 8.60. The van der Waals surface area contributed by atoms with Crippen LogP contribution in [0.2, 0.25) is 5.02 Å². The minimum atomic E-state index is -0.850. The van der Waals surface area contributed by atoms with Crippen molar-refractivity contribution in [1.82, 2.24) is 4.57 Å². The maximum Gasteiger partial charge on any atom is 0.338 e. The number of halogens is 1. The molecule has 1 aliphatic rings. The maximum atomic E-state index is 14.1. The third kappa shape index (κ3) is 5.35. The van der Waals surface area contributed by atoms with Gasteiger partial charge in [0, 0.05) is 16.1 Å². The lowest BCUT2D eigenvalue weighted by atomic mass is 9.95. The summed E-state index contributed by atoms with van der Waals surface area (Å²) >= 11 is 7.61. The van der Waals surface area contributed by atoms with E-state index in [1.165, 1.54) is 30.1 Å². The van der Waals surface area contributed by atoms with Gasteiger partial charge < -0.3 is 14.2 Å². The summed E-state index contributed by atoms with van der Waals surface area (Å²) in [5.41, 5.74) is 2.73. The summed E-state index contributed by atoms with van der Waals surface area (Å²) in [6.45, 7) is 2.09. The number of hydrogen-bond donors (Lipinski definition) is 0. The topological polar surface area (TPSA) is 79.1 Å². The molecule has 2 heterocycles. The van der Waals surface area contributed by atoms with Crippen molar-refractivity contribution in [2.45, 2.75) is 19.6 Å². The number of ether oxygens (including phenoxy) is 3. The van der Waals surface area contributed by atoms with E-state index in [0.29, 0.717) is 43.7 Å². The molecule has 0 aliphatic carbocycles. The van der Waals surface area contributed by atoms with E-state index < -0.39 is 12.0 Å². The molecule has 6 rings (SSSR count). The number of nitrogens with zero attached hydrogens (tertiary/aromatic N) is 2. The van der Waals surface area contributed by atoms with Gasteiger partial charge in [0.2, 0.25) is 0 Å². The molecule has 9 heteroatoms. The zero-order valence-corrected chi connectivity index (χ0v) is 25.2. The molecule has 0 amide bonds. The second-order valence-electron chi connectivity index (χ2n) is 9.92. The lowest BCUT2D eigenvalue weighted by Crippen LogP contribution is -2.40. The predicted molar refractivity (Wildman–Crippen MR) is 169 cm³/mol. The van der Waals surface area contributed by atoms with Crippen LogP contribution in [0.5, 0.6) is 11.5 Å². The fraction of sp³-hybridized carbons (Fsp3) is 0.147. The summed E-state index contributed by atoms with van der Waals surface area (Å²) in [6.07, 6.45) is 1.80. The van der Waals surface area contributed by atoms with Crippen LogP contribution in [0.15, 0.2) is 106 Å². The van der Waals surface area contributed by atoms with Crippen LogP contribution in [0.1, 0.15) is 29.7 Å². The Bertz CT molecular complexity index is 2090. The first-order valence-corrected chi connectivity index (χ1v) is 14.7. The molecule has 0 fully saturated rings. The molecule has 1 aromatic heterocycles. The molecular weight excluding hydrogens is 584 g/mol. The molecular formula is C34H27ClN2O5S. The molecule has 0 bridgehead atoms. The van der Waals surface area contributed by atoms with E-state index in [4.69, 9.17) is 25.8 Å². The van der Waals surface area contributed by atoms with Crippen molar-refractivity contribution in [3.63, 3.8) is 0 Å². The van der Waals surface area contributed by atoms with E-state index in [1.54, 1.807) is 31.2 Å². The number of aromatic nitrogens is 1. The van der Waals surface area contributed by atoms with Gasteiger partial charge in [-0.25, -0.2) is 9.79 Å². The van der Waals surface area contributed by atoms with Crippen molar-refractivity contribution >= 4 is 45.8 Å². The Balaban J connectivity index is 1.45. The van der Waals surface area contributed by atoms with Crippen LogP contribution >= 0.6 is 22.9 Å². The molecule has 4 aromatic carbocycles. The summed E-state index contributed by atoms with van der Waals surface area (Å²) in [7, 11) is 2.83. The fourth-order valence-electron chi connectivity index (χ4n) is 5.35. The van der Waals surface area contributed by atoms with Gasteiger partial charge in [-0.15, -0.1) is 0 Å². The highest BCUT2D eigenvalue weighted by Crippen LogP contribution is 2.37. The van der Waals surface area contributed by atoms with Gasteiger partial charge in [0.15, 0.2) is 4.80 Å². The molecule has 0 saturated heterocycles. The number of carbonyl (C=O) groups excluding carboxylic acids is 1. The number of hydrogen-bond acceptors (Lipinski definition) is 7. The van der Waals surface area contributed by atoms with Crippen LogP contribution in [0.4, 0.5) is 0 Å². The SMILES string of the molecule is COC(=O)C1=C(C)N=c2s/c(=C\c3ccccc3OCc3cccc4ccccc34)c(=O)n2[C@@H]1c1cc(Cl)ccc1OC. The smallest absolute Gasteiger partial charge is 0.338 e. The highest BCUT2D eigenvalue weighted by atomic mass is 35.5. The Morgan fingerprint density at radius 3 is 2.58 bits per heavy atom. The predicted octanol–water partition coefficient (Wildman–Crippen LogP) is 5.80. The Hall–Kier alpha value is -4.66. The summed E-state index contributed by atoms with van der Waals surface area (Å²) in [6, 6.07) is 26.1. The van der Waals surface area contributed by atoms with E-state index in [0.717, 1.165) is 21.9 Å². The summed E-state index contributed by atoms with van der Waals surface area (Å²) in [5, 5.41) is 2.71. The van der Waals surface area contributed by atoms with Crippen LogP contribution in [0.25, 0.3) is 16.8 Å². The van der Waals surface area contributed by atoms with E-state index in [2.05, 4.69) is 23.2 Å². The molecule has 0 saturated carbocycles. The van der Waals surface area contributed by atoms with Crippen molar-refractivity contribution in [2.24, 2.45) is 4.99 Å². The summed E-state index contributed by atoms with van der Waals surface area (Å²) in [4.78, 5) is 32.2. The average molecular weight is 611 g/mol. The monoisotopic (exact) mass is 610 g/mol. The van der Waals surface area contributed by atoms with Gasteiger partial charge in [-0.05, 0) is 53.6 Å². The van der Waals surface area contributed by atoms with Crippen LogP contribution in [0.3, 0.4) is 0 Å². The molecule has 7 nitrogen and oxygen atoms in total. The van der Waals surface area contributed by atoms with Crippen LogP contribution < -0.4 is 24.4 Å². The van der Waals surface area contributed by atoms with Gasteiger partial charge in [0.1, 0.15) is 24.1 Å². The Morgan fingerprint density at radius 1 is 1.00 bits per heavy atom. The molecule has 1 aliphatic heterocycles. The van der Waals surface area contributed by atoms with E-state index in [1.807, 2.05) is 48.5 Å². The zero-order valence-electron chi connectivity index (χ0n) is 23.7. The van der Waals surface area contributed by atoms with Crippen LogP contribution in [-0.4, -0.2) is 24.8 Å². The largest absolute Gasteiger partial charge is 0.496 e. The van der Waals surface area contributed by atoms with Gasteiger partial charge in [0.25, 0.3) is 5.56 Å². The van der Waals surface area contributed by atoms with E-state index in [-0.39, 0.29) is 11.1 Å². The fourth-order valence-corrected chi connectivity index (χ4v) is 6.57. The highest BCUT2D eigenvalue weighted by molar-refractivity contribution is 7.07. The molecule has 216 valence electrons. The zero-order chi connectivity index (χ0) is 30.1. The van der Waals surface area contributed by atoms with Gasteiger partial charge in [0.05, 0.1) is 30.0 Å². The summed E-state index contributed by atoms with van der Waals surface area (Å²) < 4.78 is 19.0. The van der Waals surface area contributed by atoms with Crippen molar-refractivity contribution in [3.05, 3.63) is 138 Å². The number of rotatable bonds is 7. The second-order valence-corrected chi connectivity index (χ2v) is 11.4. The van der Waals surface area contributed by atoms with Gasteiger partial charge in [-0.3, -0.25) is 9.36 Å². The molecule has 43 heavy (non-hydrogen) atoms. The van der Waals surface area contributed by atoms with Gasteiger partial charge >= 0.3 is 5.97 Å². The number of methoxy groups -OCH3 is 2. The number of allylic oxidation sites excluding steroid dienone is 1. The molecule has 0 N–H and O–H groups in total. The van der Waals surface area contributed by atoms with Crippen molar-refractivity contribution < 1.29 is 19.0 Å². The van der Waals surface area contributed by atoms with Crippen LogP contribution in [-0.2, 0) is 16.1 Å². The minimum Gasteiger partial charge on any atom is -0.496 e. The molecule has 0 unspecified atom stereocenters. The van der Waals surface area contributed by atoms with E-state index in [9.17, 15) is 9.59 Å². The Labute approximate surface area is 256 Å². The molecule has 0 radical (unpaired) electrons. The lowest BCUT2D eigenvalue weighted by molar-refractivity contribution is -0.136. The first kappa shape index (κ1) is 28.5. The second kappa shape index (κ2) is 11.9. The maximum absolute atomic E-state index is 14.1. The number of carbonyl (C=O) groups is 1. The van der Waals surface area contributed by atoms with Crippen LogP contribution in [0, 0.1) is 0 Å². The number of fused-ring (bicyclic) bond motifs is 2. The number of esters is 1. The summed E-state index contributed by atoms with van der Waals surface area (Å²) in [5.74, 6) is 0.530. The first-order valence-electron chi connectivity index (χ1n) is 13.5. The standard InChI is InChI=1S/C34H27ClN2O5S/c1-20-30(33(39)41-3)31(26-18-24(35)15-16-28(26)40-2)37-32(38)29(43-34(37)36-20)17-22-10-5-7-14-27(22)42-19-23-12-8-11-21-9-4-6-13-25(21)23/h4-18,31H,19H2,1-3H3/b29-17-/t31-/m1/s1. The molecule has 5 aromatic rings. The Kier molecular flexibility index (Phi) is 7.88. The average Bonchev–Trinajstić information content (AvgIpc) is 3.33. The number of para-hydroxylation sites is 1. The lowest BCUT2D eigenvalue weighted by Gasteiger charge is -2.25. The molecule has 1 atom stereocenters. The highest BCUT2D eigenvalue weighted by Gasteiger charge is 2.35. The van der Waals surface area contributed by atoms with Gasteiger partial charge in [-0.2, -0.15) is 0 Å². The number of benzene rings is 4. The Morgan fingerprint density at radius 2 is 1.77 bits per heavy atom. The van der Waals surface area contributed by atoms with Crippen molar-refractivity contribution in [1.29, 1.82) is 0 Å². The normalized spacial score (nSPS) is 14.8.